The van der Waals surface area contributed by atoms with Crippen molar-refractivity contribution in [2.45, 2.75) is 33.1 Å². The van der Waals surface area contributed by atoms with Crippen LogP contribution in [-0.4, -0.2) is 46.0 Å². The Bertz CT molecular complexity index is 270. The lowest BCUT2D eigenvalue weighted by Crippen LogP contribution is -2.35. The van der Waals surface area contributed by atoms with Crippen LogP contribution >= 0.6 is 0 Å². The van der Waals surface area contributed by atoms with Gasteiger partial charge in [-0.25, -0.2) is 0 Å². The second-order valence-corrected chi connectivity index (χ2v) is 4.27. The summed E-state index contributed by atoms with van der Waals surface area (Å²) in [5.74, 6) is -2.02. The molecule has 0 aromatic rings. The number of rotatable bonds is 8. The standard InChI is InChI=1S/C11H19NO5/c1-8(2)7-9(13)12(5-3-10(14)15)6-4-11(16)17/h8H,3-7H2,1-2H3,(H,14,15)(H,16,17). The van der Waals surface area contributed by atoms with Crippen molar-refractivity contribution in [1.82, 2.24) is 4.90 Å². The molecule has 6 heteroatoms. The minimum absolute atomic E-state index is 0.0637. The fraction of sp³-hybridized carbons (Fsp3) is 0.727. The molecule has 0 aliphatic rings. The number of nitrogens with zero attached hydrogens (tertiary/aromatic N) is 1. The van der Waals surface area contributed by atoms with Crippen LogP contribution in [0.3, 0.4) is 0 Å². The van der Waals surface area contributed by atoms with E-state index in [1.165, 1.54) is 4.90 Å². The zero-order chi connectivity index (χ0) is 13.4. The van der Waals surface area contributed by atoms with Crippen LogP contribution in [0.5, 0.6) is 0 Å². The van der Waals surface area contributed by atoms with Crippen molar-refractivity contribution in [1.29, 1.82) is 0 Å². The smallest absolute Gasteiger partial charge is 0.305 e. The number of hydrogen-bond acceptors (Lipinski definition) is 3. The minimum Gasteiger partial charge on any atom is -0.481 e. The Balaban J connectivity index is 4.32. The molecule has 0 radical (unpaired) electrons. The van der Waals surface area contributed by atoms with Crippen LogP contribution in [0.15, 0.2) is 0 Å². The molecule has 0 unspecified atom stereocenters. The molecule has 2 N–H and O–H groups in total. The van der Waals surface area contributed by atoms with Crippen LogP contribution in [-0.2, 0) is 14.4 Å². The first kappa shape index (κ1) is 15.4. The van der Waals surface area contributed by atoms with E-state index in [-0.39, 0.29) is 37.8 Å². The fourth-order valence-electron chi connectivity index (χ4n) is 1.30. The van der Waals surface area contributed by atoms with Gasteiger partial charge in [-0.15, -0.1) is 0 Å². The second kappa shape index (κ2) is 7.65. The first-order valence-electron chi connectivity index (χ1n) is 5.54. The topological polar surface area (TPSA) is 94.9 Å². The van der Waals surface area contributed by atoms with Crippen LogP contribution in [0, 0.1) is 5.92 Å². The molecule has 0 saturated heterocycles. The summed E-state index contributed by atoms with van der Waals surface area (Å²) < 4.78 is 0. The molecular weight excluding hydrogens is 226 g/mol. The highest BCUT2D eigenvalue weighted by atomic mass is 16.4. The Labute approximate surface area is 100 Å². The van der Waals surface area contributed by atoms with Gasteiger partial charge >= 0.3 is 11.9 Å². The number of carboxylic acids is 2. The average molecular weight is 245 g/mol. The molecule has 0 bridgehead atoms. The molecule has 0 spiro atoms. The predicted octanol–water partition coefficient (Wildman–Crippen LogP) is 0.810. The largest absolute Gasteiger partial charge is 0.481 e. The molecule has 1 amide bonds. The Morgan fingerprint density at radius 3 is 1.71 bits per heavy atom. The Kier molecular flexibility index (Phi) is 6.93. The van der Waals surface area contributed by atoms with Crippen molar-refractivity contribution in [3.8, 4) is 0 Å². The number of carboxylic acid groups (broad SMARTS) is 2. The van der Waals surface area contributed by atoms with Crippen molar-refractivity contribution in [3.05, 3.63) is 0 Å². The molecular formula is C11H19NO5. The van der Waals surface area contributed by atoms with Gasteiger partial charge in [-0.05, 0) is 5.92 Å². The monoisotopic (exact) mass is 245 g/mol. The quantitative estimate of drug-likeness (QED) is 0.659. The first-order chi connectivity index (χ1) is 7.82. The summed E-state index contributed by atoms with van der Waals surface area (Å²) in [6, 6.07) is 0. The lowest BCUT2D eigenvalue weighted by Gasteiger charge is -2.22. The van der Waals surface area contributed by atoms with Crippen molar-refractivity contribution in [2.75, 3.05) is 13.1 Å². The highest BCUT2D eigenvalue weighted by Gasteiger charge is 2.16. The number of amides is 1. The maximum absolute atomic E-state index is 11.7. The lowest BCUT2D eigenvalue weighted by atomic mass is 10.1. The third-order valence-electron chi connectivity index (χ3n) is 2.13. The summed E-state index contributed by atoms with van der Waals surface area (Å²) in [6.07, 6.45) is -0.0217. The molecule has 98 valence electrons. The Morgan fingerprint density at radius 1 is 1.00 bits per heavy atom. The molecule has 0 aliphatic carbocycles. The van der Waals surface area contributed by atoms with Crippen molar-refractivity contribution < 1.29 is 24.6 Å². The number of carbonyl (C=O) groups excluding carboxylic acids is 1. The Hall–Kier alpha value is -1.59. The SMILES string of the molecule is CC(C)CC(=O)N(CCC(=O)O)CCC(=O)O. The first-order valence-corrected chi connectivity index (χ1v) is 5.54. The van der Waals surface area contributed by atoms with Crippen LogP contribution in [0.25, 0.3) is 0 Å². The van der Waals surface area contributed by atoms with E-state index in [9.17, 15) is 14.4 Å². The maximum atomic E-state index is 11.7. The molecule has 0 aromatic carbocycles. The van der Waals surface area contributed by atoms with Gasteiger partial charge in [0.15, 0.2) is 0 Å². The minimum atomic E-state index is -0.998. The summed E-state index contributed by atoms with van der Waals surface area (Å²) in [5.41, 5.74) is 0. The third-order valence-corrected chi connectivity index (χ3v) is 2.13. The zero-order valence-electron chi connectivity index (χ0n) is 10.2. The fourth-order valence-corrected chi connectivity index (χ4v) is 1.30. The van der Waals surface area contributed by atoms with Crippen LogP contribution in [0.2, 0.25) is 0 Å². The zero-order valence-corrected chi connectivity index (χ0v) is 10.2. The van der Waals surface area contributed by atoms with Crippen molar-refractivity contribution in [2.24, 2.45) is 5.92 Å². The third kappa shape index (κ3) is 8.24. The molecule has 0 heterocycles. The van der Waals surface area contributed by atoms with Gasteiger partial charge in [-0.3, -0.25) is 14.4 Å². The van der Waals surface area contributed by atoms with Crippen molar-refractivity contribution >= 4 is 17.8 Å². The maximum Gasteiger partial charge on any atom is 0.305 e. The van der Waals surface area contributed by atoms with E-state index in [1.54, 1.807) is 0 Å². The van der Waals surface area contributed by atoms with Gasteiger partial charge in [0.1, 0.15) is 0 Å². The van der Waals surface area contributed by atoms with E-state index < -0.39 is 11.9 Å². The molecule has 0 atom stereocenters. The van der Waals surface area contributed by atoms with E-state index in [4.69, 9.17) is 10.2 Å². The number of aliphatic carboxylic acids is 2. The van der Waals surface area contributed by atoms with Crippen LogP contribution in [0.4, 0.5) is 0 Å². The molecule has 0 rings (SSSR count). The average Bonchev–Trinajstić information content (AvgIpc) is 2.15. The highest BCUT2D eigenvalue weighted by Crippen LogP contribution is 2.06. The summed E-state index contributed by atoms with van der Waals surface area (Å²) >= 11 is 0. The second-order valence-electron chi connectivity index (χ2n) is 4.27. The molecule has 0 aromatic heterocycles. The summed E-state index contributed by atoms with van der Waals surface area (Å²) in [7, 11) is 0. The molecule has 0 aliphatic heterocycles. The summed E-state index contributed by atoms with van der Waals surface area (Å²) in [6.45, 7) is 3.89. The van der Waals surface area contributed by atoms with Gasteiger partial charge in [-0.1, -0.05) is 13.8 Å². The van der Waals surface area contributed by atoms with Gasteiger partial charge in [0, 0.05) is 19.5 Å². The van der Waals surface area contributed by atoms with Gasteiger partial charge in [0.05, 0.1) is 12.8 Å². The van der Waals surface area contributed by atoms with Gasteiger partial charge in [0.2, 0.25) is 5.91 Å². The van der Waals surface area contributed by atoms with E-state index in [0.29, 0.717) is 6.42 Å². The van der Waals surface area contributed by atoms with Crippen LogP contribution in [0.1, 0.15) is 33.1 Å². The van der Waals surface area contributed by atoms with E-state index in [2.05, 4.69) is 0 Å². The highest BCUT2D eigenvalue weighted by molar-refractivity contribution is 5.78. The summed E-state index contributed by atoms with van der Waals surface area (Å²) in [5, 5.41) is 17.1. The Morgan fingerprint density at radius 2 is 1.41 bits per heavy atom. The van der Waals surface area contributed by atoms with E-state index in [1.807, 2.05) is 13.8 Å². The normalized spacial score (nSPS) is 10.3. The molecule has 0 fully saturated rings. The number of hydrogen-bond donors (Lipinski definition) is 2. The molecule has 6 nitrogen and oxygen atoms in total. The van der Waals surface area contributed by atoms with Gasteiger partial charge in [-0.2, -0.15) is 0 Å². The van der Waals surface area contributed by atoms with E-state index >= 15 is 0 Å². The van der Waals surface area contributed by atoms with Crippen molar-refractivity contribution in [3.63, 3.8) is 0 Å². The van der Waals surface area contributed by atoms with Gasteiger partial charge in [0.25, 0.3) is 0 Å². The van der Waals surface area contributed by atoms with E-state index in [0.717, 1.165) is 0 Å². The summed E-state index contributed by atoms with van der Waals surface area (Å²) in [4.78, 5) is 33.9. The van der Waals surface area contributed by atoms with Gasteiger partial charge < -0.3 is 15.1 Å². The predicted molar refractivity (Wildman–Crippen MR) is 60.5 cm³/mol. The molecule has 17 heavy (non-hydrogen) atoms. The molecule has 0 saturated carbocycles. The lowest BCUT2D eigenvalue weighted by molar-refractivity contribution is -0.139. The van der Waals surface area contributed by atoms with Crippen LogP contribution < -0.4 is 0 Å². The number of carbonyl (C=O) groups is 3.